The van der Waals surface area contributed by atoms with Crippen molar-refractivity contribution < 1.29 is 43.2 Å². The van der Waals surface area contributed by atoms with Gasteiger partial charge in [-0.3, -0.25) is 19.2 Å². The molecule has 0 bridgehead atoms. The number of hydroxylamine groups is 4. The molecule has 0 saturated carbocycles. The van der Waals surface area contributed by atoms with Crippen LogP contribution in [0.1, 0.15) is 32.1 Å². The quantitative estimate of drug-likeness (QED) is 0.305. The van der Waals surface area contributed by atoms with E-state index in [2.05, 4.69) is 16.3 Å². The first-order chi connectivity index (χ1) is 12.3. The summed E-state index contributed by atoms with van der Waals surface area (Å²) in [5, 5.41) is 0.803. The Bertz CT molecular complexity index is 653. The summed E-state index contributed by atoms with van der Waals surface area (Å²) in [6.07, 6.45) is -0.347. The number of amides is 4. The smallest absolute Gasteiger partial charge is 0.361 e. The predicted molar refractivity (Wildman–Crippen MR) is 78.9 cm³/mol. The molecule has 2 rings (SSSR count). The van der Waals surface area contributed by atoms with Gasteiger partial charge < -0.3 is 14.4 Å². The van der Waals surface area contributed by atoms with Crippen molar-refractivity contribution in [3.05, 3.63) is 12.2 Å². The van der Waals surface area contributed by atoms with Crippen molar-refractivity contribution in [3.63, 3.8) is 0 Å². The molecule has 4 amide bonds. The van der Waals surface area contributed by atoms with Gasteiger partial charge in [0.25, 0.3) is 23.6 Å². The molecular formula is C15H16N2O9. The van der Waals surface area contributed by atoms with Crippen molar-refractivity contribution in [2.45, 2.75) is 32.1 Å². The number of hydrogen-bond acceptors (Lipinski definition) is 9. The van der Waals surface area contributed by atoms with Gasteiger partial charge in [0.1, 0.15) is 0 Å². The minimum absolute atomic E-state index is 0.00737. The number of carbonyl (C=O) groups is 6. The van der Waals surface area contributed by atoms with Gasteiger partial charge in [-0.1, -0.05) is 6.58 Å². The van der Waals surface area contributed by atoms with Crippen LogP contribution in [0.2, 0.25) is 0 Å². The van der Waals surface area contributed by atoms with E-state index in [1.807, 2.05) is 0 Å². The summed E-state index contributed by atoms with van der Waals surface area (Å²) in [7, 11) is 0. The zero-order valence-electron chi connectivity index (χ0n) is 13.7. The van der Waals surface area contributed by atoms with Gasteiger partial charge >= 0.3 is 11.9 Å². The predicted octanol–water partition coefficient (Wildman–Crippen LogP) is -0.836. The van der Waals surface area contributed by atoms with E-state index in [-0.39, 0.29) is 50.9 Å². The van der Waals surface area contributed by atoms with Gasteiger partial charge in [-0.25, -0.2) is 9.59 Å². The molecule has 140 valence electrons. The van der Waals surface area contributed by atoms with Crippen molar-refractivity contribution in [3.8, 4) is 0 Å². The van der Waals surface area contributed by atoms with E-state index >= 15 is 0 Å². The molecule has 11 heteroatoms. The summed E-state index contributed by atoms with van der Waals surface area (Å²) >= 11 is 0. The summed E-state index contributed by atoms with van der Waals surface area (Å²) in [6, 6.07) is 0. The molecule has 0 aromatic heterocycles. The molecule has 2 heterocycles. The van der Waals surface area contributed by atoms with Crippen molar-refractivity contribution in [2.24, 2.45) is 0 Å². The maximum atomic E-state index is 11.7. The lowest BCUT2D eigenvalue weighted by Crippen LogP contribution is -2.33. The van der Waals surface area contributed by atoms with Crippen LogP contribution < -0.4 is 0 Å². The normalized spacial score (nSPS) is 17.1. The Morgan fingerprint density at radius 3 is 1.81 bits per heavy atom. The lowest BCUT2D eigenvalue weighted by Gasteiger charge is -2.14. The molecule has 0 aromatic rings. The number of nitrogens with zero attached hydrogens (tertiary/aromatic N) is 2. The lowest BCUT2D eigenvalue weighted by molar-refractivity contribution is -0.198. The van der Waals surface area contributed by atoms with Crippen LogP contribution in [-0.2, 0) is 43.2 Å². The molecule has 0 radical (unpaired) electrons. The van der Waals surface area contributed by atoms with Gasteiger partial charge in [0.15, 0.2) is 0 Å². The molecule has 11 nitrogen and oxygen atoms in total. The maximum absolute atomic E-state index is 11.7. The highest BCUT2D eigenvalue weighted by Crippen LogP contribution is 2.14. The zero-order chi connectivity index (χ0) is 19.3. The third-order valence-corrected chi connectivity index (χ3v) is 3.39. The molecular weight excluding hydrogens is 352 g/mol. The summed E-state index contributed by atoms with van der Waals surface area (Å²) in [4.78, 5) is 77.7. The highest BCUT2D eigenvalue weighted by atomic mass is 16.7. The second kappa shape index (κ2) is 8.34. The largest absolute Gasteiger partial charge is 0.376 e. The maximum Gasteiger partial charge on any atom is 0.361 e. The first-order valence-electron chi connectivity index (χ1n) is 7.69. The Hall–Kier alpha value is -3.08. The second-order valence-corrected chi connectivity index (χ2v) is 5.41. The minimum atomic E-state index is -1.01. The van der Waals surface area contributed by atoms with E-state index in [0.717, 1.165) is 0 Å². The summed E-state index contributed by atoms with van der Waals surface area (Å²) in [5.74, 6) is -4.28. The Kier molecular flexibility index (Phi) is 6.17. The van der Waals surface area contributed by atoms with E-state index in [0.29, 0.717) is 10.1 Å². The number of carbonyl (C=O) groups excluding carboxylic acids is 6. The van der Waals surface area contributed by atoms with Crippen LogP contribution in [0, 0.1) is 0 Å². The number of hydrogen-bond donors (Lipinski definition) is 0. The molecule has 0 N–H and O–H groups in total. The fraction of sp³-hybridized carbons (Fsp3) is 0.467. The molecule has 0 unspecified atom stereocenters. The number of ether oxygens (including phenoxy) is 1. The van der Waals surface area contributed by atoms with Crippen LogP contribution in [0.25, 0.3) is 0 Å². The highest BCUT2D eigenvalue weighted by Gasteiger charge is 2.34. The van der Waals surface area contributed by atoms with Crippen molar-refractivity contribution >= 4 is 35.6 Å². The van der Waals surface area contributed by atoms with Crippen LogP contribution in [-0.4, -0.2) is 58.9 Å². The fourth-order valence-corrected chi connectivity index (χ4v) is 2.02. The average molecular weight is 368 g/mol. The van der Waals surface area contributed by atoms with Crippen molar-refractivity contribution in [1.29, 1.82) is 0 Å². The Morgan fingerprint density at radius 2 is 1.31 bits per heavy atom. The SMILES string of the molecule is C=C(COCCC(=O)ON1C(=O)CCC1=O)C(=O)ON1C(=O)CCC1=O. The van der Waals surface area contributed by atoms with E-state index in [4.69, 9.17) is 4.74 Å². The van der Waals surface area contributed by atoms with Crippen LogP contribution in [0.3, 0.4) is 0 Å². The molecule has 26 heavy (non-hydrogen) atoms. The number of imide groups is 2. The summed E-state index contributed by atoms with van der Waals surface area (Å²) in [5.41, 5.74) is -0.171. The third-order valence-electron chi connectivity index (χ3n) is 3.39. The van der Waals surface area contributed by atoms with Gasteiger partial charge in [-0.15, -0.1) is 10.1 Å². The molecule has 0 aromatic carbocycles. The van der Waals surface area contributed by atoms with Crippen LogP contribution in [0.4, 0.5) is 0 Å². The summed E-state index contributed by atoms with van der Waals surface area (Å²) in [6.45, 7) is 2.91. The van der Waals surface area contributed by atoms with Gasteiger partial charge in [0, 0.05) is 25.7 Å². The Labute approximate surface area is 147 Å². The van der Waals surface area contributed by atoms with Gasteiger partial charge in [-0.05, 0) is 0 Å². The highest BCUT2D eigenvalue weighted by molar-refractivity contribution is 6.02. The third kappa shape index (κ3) is 4.72. The lowest BCUT2D eigenvalue weighted by atomic mass is 10.3. The Balaban J connectivity index is 1.65. The van der Waals surface area contributed by atoms with Crippen molar-refractivity contribution in [2.75, 3.05) is 13.2 Å². The van der Waals surface area contributed by atoms with Gasteiger partial charge in [0.05, 0.1) is 25.2 Å². The zero-order valence-corrected chi connectivity index (χ0v) is 13.7. The monoisotopic (exact) mass is 368 g/mol. The Morgan fingerprint density at radius 1 is 0.846 bits per heavy atom. The van der Waals surface area contributed by atoms with Crippen LogP contribution in [0.5, 0.6) is 0 Å². The van der Waals surface area contributed by atoms with Crippen molar-refractivity contribution in [1.82, 2.24) is 10.1 Å². The first-order valence-corrected chi connectivity index (χ1v) is 7.69. The van der Waals surface area contributed by atoms with Gasteiger partial charge in [0.2, 0.25) is 0 Å². The topological polar surface area (TPSA) is 137 Å². The molecule has 2 saturated heterocycles. The standard InChI is InChI=1S/C15H16N2O9/c1-9(15(23)26-17-12(20)4-5-13(17)21)8-24-7-6-14(22)25-16-10(18)2-3-11(16)19/h1-8H2. The van der Waals surface area contributed by atoms with Crippen LogP contribution in [0.15, 0.2) is 12.2 Å². The average Bonchev–Trinajstić information content (AvgIpc) is 3.08. The van der Waals surface area contributed by atoms with E-state index in [1.54, 1.807) is 0 Å². The van der Waals surface area contributed by atoms with Crippen LogP contribution >= 0.6 is 0 Å². The molecule has 0 atom stereocenters. The molecule has 2 aliphatic heterocycles. The summed E-state index contributed by atoms with van der Waals surface area (Å²) < 4.78 is 5.05. The van der Waals surface area contributed by atoms with E-state index < -0.39 is 35.6 Å². The molecule has 0 spiro atoms. The fourth-order valence-electron chi connectivity index (χ4n) is 2.02. The van der Waals surface area contributed by atoms with E-state index in [9.17, 15) is 28.8 Å². The first kappa shape index (κ1) is 19.2. The second-order valence-electron chi connectivity index (χ2n) is 5.41. The minimum Gasteiger partial charge on any atom is -0.376 e. The molecule has 2 aliphatic rings. The molecule has 2 fully saturated rings. The number of rotatable bonds is 8. The van der Waals surface area contributed by atoms with E-state index in [1.165, 1.54) is 0 Å². The van der Waals surface area contributed by atoms with Gasteiger partial charge in [-0.2, -0.15) is 0 Å². The molecule has 0 aliphatic carbocycles.